The lowest BCUT2D eigenvalue weighted by molar-refractivity contribution is -0.136. The van der Waals surface area contributed by atoms with Crippen molar-refractivity contribution in [1.82, 2.24) is 14.5 Å². The van der Waals surface area contributed by atoms with E-state index in [-0.39, 0.29) is 36.4 Å². The molecule has 2 heterocycles. The Morgan fingerprint density at radius 3 is 2.38 bits per heavy atom. The van der Waals surface area contributed by atoms with Crippen LogP contribution in [0.5, 0.6) is 0 Å². The first-order chi connectivity index (χ1) is 16.3. The summed E-state index contributed by atoms with van der Waals surface area (Å²) in [5.74, 6) is 0.849. The maximum absolute atomic E-state index is 13.6. The van der Waals surface area contributed by atoms with Crippen LogP contribution in [0.4, 0.5) is 5.69 Å². The average Bonchev–Trinajstić information content (AvgIpc) is 3.40. The Morgan fingerprint density at radius 1 is 1.09 bits per heavy atom. The van der Waals surface area contributed by atoms with Crippen molar-refractivity contribution in [3.8, 4) is 0 Å². The molecule has 3 aromatic rings. The third-order valence-corrected chi connectivity index (χ3v) is 7.28. The second-order valence-corrected chi connectivity index (χ2v) is 9.68. The third kappa shape index (κ3) is 4.69. The molecule has 1 saturated heterocycles. The van der Waals surface area contributed by atoms with Crippen molar-refractivity contribution in [2.45, 2.75) is 71.5 Å². The van der Waals surface area contributed by atoms with Crippen LogP contribution in [0.15, 0.2) is 48.5 Å². The smallest absolute Gasteiger partial charge is 0.243 e. The second kappa shape index (κ2) is 10.2. The molecule has 3 atom stereocenters. The summed E-state index contributed by atoms with van der Waals surface area (Å²) < 4.78 is 2.03. The summed E-state index contributed by atoms with van der Waals surface area (Å²) in [5, 5.41) is 0.638. The Hall–Kier alpha value is -2.86. The zero-order chi connectivity index (χ0) is 24.4. The molecular weight excluding hydrogens is 448 g/mol. The zero-order valence-electron chi connectivity index (χ0n) is 20.4. The topological polar surface area (TPSA) is 58.4 Å². The molecule has 34 heavy (non-hydrogen) atoms. The van der Waals surface area contributed by atoms with Crippen LogP contribution in [-0.2, 0) is 16.1 Å². The molecule has 180 valence electrons. The first-order valence-electron chi connectivity index (χ1n) is 12.2. The molecule has 4 rings (SSSR count). The summed E-state index contributed by atoms with van der Waals surface area (Å²) in [4.78, 5) is 35.2. The number of halogens is 1. The fourth-order valence-electron chi connectivity index (χ4n) is 4.86. The fraction of sp³-hybridized carbons (Fsp3) is 0.444. The molecule has 6 nitrogen and oxygen atoms in total. The van der Waals surface area contributed by atoms with Gasteiger partial charge in [-0.2, -0.15) is 0 Å². The molecule has 1 aliphatic heterocycles. The average molecular weight is 481 g/mol. The second-order valence-electron chi connectivity index (χ2n) is 9.24. The molecule has 2 amide bonds. The summed E-state index contributed by atoms with van der Waals surface area (Å²) in [6.45, 7) is 9.18. The van der Waals surface area contributed by atoms with Gasteiger partial charge in [0, 0.05) is 41.7 Å². The quantitative estimate of drug-likeness (QED) is 0.419. The molecule has 0 aliphatic carbocycles. The van der Waals surface area contributed by atoms with E-state index in [0.717, 1.165) is 35.4 Å². The van der Waals surface area contributed by atoms with Crippen LogP contribution < -0.4 is 4.90 Å². The van der Waals surface area contributed by atoms with Gasteiger partial charge in [0.1, 0.15) is 12.4 Å². The number of carbonyl (C=O) groups excluding carboxylic acids is 2. The van der Waals surface area contributed by atoms with Crippen molar-refractivity contribution in [2.24, 2.45) is 0 Å². The maximum atomic E-state index is 13.6. The Labute approximate surface area is 206 Å². The molecular formula is C27H33ClN4O2. The SMILES string of the molecule is CCC(C)N(C(=O)Cn1c(C2CC(=O)N(c3ccc(Cl)cc3)C2)nc2ccccc21)C(C)CC. The number of fused-ring (bicyclic) bond motifs is 1. The molecule has 0 N–H and O–H groups in total. The number of rotatable bonds is 8. The van der Waals surface area contributed by atoms with Crippen LogP contribution in [-0.4, -0.2) is 44.9 Å². The number of aromatic nitrogens is 2. The number of carbonyl (C=O) groups is 2. The number of hydrogen-bond acceptors (Lipinski definition) is 3. The standard InChI is InChI=1S/C27H33ClN4O2/c1-5-18(3)32(19(4)6-2)26(34)17-31-24-10-8-7-9-23(24)29-27(31)20-15-25(33)30(16-20)22-13-11-21(28)12-14-22/h7-14,18-20H,5-6,15-17H2,1-4H3. The minimum atomic E-state index is -0.0935. The van der Waals surface area contributed by atoms with Crippen LogP contribution in [0.25, 0.3) is 11.0 Å². The van der Waals surface area contributed by atoms with Crippen molar-refractivity contribution in [1.29, 1.82) is 0 Å². The predicted octanol–water partition coefficient (Wildman–Crippen LogP) is 5.64. The van der Waals surface area contributed by atoms with Crippen LogP contribution in [0.2, 0.25) is 5.02 Å². The highest BCUT2D eigenvalue weighted by Crippen LogP contribution is 2.34. The van der Waals surface area contributed by atoms with Gasteiger partial charge in [-0.3, -0.25) is 9.59 Å². The van der Waals surface area contributed by atoms with Crippen LogP contribution in [0.1, 0.15) is 58.7 Å². The van der Waals surface area contributed by atoms with Crippen molar-refractivity contribution in [2.75, 3.05) is 11.4 Å². The van der Waals surface area contributed by atoms with Crippen LogP contribution in [0, 0.1) is 0 Å². The summed E-state index contributed by atoms with van der Waals surface area (Å²) in [6, 6.07) is 15.5. The lowest BCUT2D eigenvalue weighted by Crippen LogP contribution is -2.46. The summed E-state index contributed by atoms with van der Waals surface area (Å²) in [5.41, 5.74) is 2.60. The largest absolute Gasteiger partial charge is 0.336 e. The zero-order valence-corrected chi connectivity index (χ0v) is 21.1. The summed E-state index contributed by atoms with van der Waals surface area (Å²) >= 11 is 6.03. The van der Waals surface area contributed by atoms with Crippen LogP contribution >= 0.6 is 11.6 Å². The van der Waals surface area contributed by atoms with Gasteiger partial charge in [-0.1, -0.05) is 37.6 Å². The van der Waals surface area contributed by atoms with E-state index < -0.39 is 0 Å². The minimum absolute atomic E-state index is 0.0538. The maximum Gasteiger partial charge on any atom is 0.243 e. The number of nitrogens with zero attached hydrogens (tertiary/aromatic N) is 4. The highest BCUT2D eigenvalue weighted by atomic mass is 35.5. The normalized spacial score (nSPS) is 17.9. The molecule has 3 unspecified atom stereocenters. The van der Waals surface area contributed by atoms with E-state index in [9.17, 15) is 9.59 Å². The van der Waals surface area contributed by atoms with E-state index >= 15 is 0 Å². The molecule has 1 aliphatic rings. The lowest BCUT2D eigenvalue weighted by Gasteiger charge is -2.34. The molecule has 1 aromatic heterocycles. The van der Waals surface area contributed by atoms with E-state index in [4.69, 9.17) is 16.6 Å². The Balaban J connectivity index is 1.67. The van der Waals surface area contributed by atoms with Gasteiger partial charge in [0.25, 0.3) is 0 Å². The predicted molar refractivity (Wildman–Crippen MR) is 137 cm³/mol. The summed E-state index contributed by atoms with van der Waals surface area (Å²) in [6.07, 6.45) is 2.17. The number of hydrogen-bond donors (Lipinski definition) is 0. The third-order valence-electron chi connectivity index (χ3n) is 7.03. The molecule has 0 spiro atoms. The van der Waals surface area contributed by atoms with Crippen molar-refractivity contribution in [3.63, 3.8) is 0 Å². The number of anilines is 1. The van der Waals surface area contributed by atoms with Crippen molar-refractivity contribution in [3.05, 3.63) is 59.4 Å². The molecule has 7 heteroatoms. The number of para-hydroxylation sites is 2. The first kappa shape index (κ1) is 24.3. The number of amides is 2. The van der Waals surface area contributed by atoms with E-state index in [1.165, 1.54) is 0 Å². The Morgan fingerprint density at radius 2 is 1.74 bits per heavy atom. The number of benzene rings is 2. The van der Waals surface area contributed by atoms with Gasteiger partial charge >= 0.3 is 0 Å². The van der Waals surface area contributed by atoms with Gasteiger partial charge < -0.3 is 14.4 Å². The summed E-state index contributed by atoms with van der Waals surface area (Å²) in [7, 11) is 0. The molecule has 0 bridgehead atoms. The van der Waals surface area contributed by atoms with Gasteiger partial charge in [-0.15, -0.1) is 0 Å². The van der Waals surface area contributed by atoms with Gasteiger partial charge in [-0.05, 0) is 63.1 Å². The molecule has 2 aromatic carbocycles. The van der Waals surface area contributed by atoms with Gasteiger partial charge in [0.2, 0.25) is 11.8 Å². The van der Waals surface area contributed by atoms with Gasteiger partial charge in [0.05, 0.1) is 11.0 Å². The van der Waals surface area contributed by atoms with E-state index in [1.54, 1.807) is 17.0 Å². The first-order valence-corrected chi connectivity index (χ1v) is 12.5. The highest BCUT2D eigenvalue weighted by molar-refractivity contribution is 6.30. The van der Waals surface area contributed by atoms with Crippen molar-refractivity contribution >= 4 is 40.1 Å². The Bertz CT molecular complexity index is 1160. The monoisotopic (exact) mass is 480 g/mol. The molecule has 0 radical (unpaired) electrons. The van der Waals surface area contributed by atoms with E-state index in [1.807, 2.05) is 45.9 Å². The van der Waals surface area contributed by atoms with E-state index in [0.29, 0.717) is 18.0 Å². The van der Waals surface area contributed by atoms with Gasteiger partial charge in [0.15, 0.2) is 0 Å². The minimum Gasteiger partial charge on any atom is -0.336 e. The van der Waals surface area contributed by atoms with Gasteiger partial charge in [-0.25, -0.2) is 4.98 Å². The van der Waals surface area contributed by atoms with E-state index in [2.05, 4.69) is 27.7 Å². The lowest BCUT2D eigenvalue weighted by atomic mass is 10.1. The fourth-order valence-corrected chi connectivity index (χ4v) is 4.99. The van der Waals surface area contributed by atoms with Crippen molar-refractivity contribution < 1.29 is 9.59 Å². The Kier molecular flexibility index (Phi) is 7.27. The molecule has 1 fully saturated rings. The highest BCUT2D eigenvalue weighted by Gasteiger charge is 2.35. The van der Waals surface area contributed by atoms with Crippen LogP contribution in [0.3, 0.4) is 0 Å². The number of imidazole rings is 1. The molecule has 0 saturated carbocycles.